The predicted octanol–water partition coefficient (Wildman–Crippen LogP) is 2.38. The largest absolute Gasteiger partial charge is 0.307 e. The molecule has 0 aliphatic carbocycles. The van der Waals surface area contributed by atoms with E-state index in [-0.39, 0.29) is 0 Å². The van der Waals surface area contributed by atoms with Crippen molar-refractivity contribution in [3.63, 3.8) is 0 Å². The number of hydrogen-bond donors (Lipinski definition) is 1. The van der Waals surface area contributed by atoms with E-state index in [4.69, 9.17) is 0 Å². The van der Waals surface area contributed by atoms with E-state index in [0.29, 0.717) is 18.0 Å². The van der Waals surface area contributed by atoms with Crippen molar-refractivity contribution in [3.05, 3.63) is 16.6 Å². The molecule has 0 spiro atoms. The van der Waals surface area contributed by atoms with E-state index >= 15 is 0 Å². The Morgan fingerprint density at radius 2 is 2.06 bits per heavy atom. The van der Waals surface area contributed by atoms with Gasteiger partial charge in [-0.25, -0.2) is 4.98 Å². The Morgan fingerprint density at radius 3 is 2.50 bits per heavy atom. The zero-order chi connectivity index (χ0) is 12.1. The molecule has 1 aromatic heterocycles. The first kappa shape index (κ1) is 13.6. The van der Waals surface area contributed by atoms with E-state index in [1.807, 2.05) is 5.51 Å². The topological polar surface area (TPSA) is 28.2 Å². The highest BCUT2D eigenvalue weighted by Crippen LogP contribution is 2.13. The van der Waals surface area contributed by atoms with Gasteiger partial charge in [0.1, 0.15) is 0 Å². The Labute approximate surface area is 103 Å². The normalized spacial score (nSPS) is 15.7. The molecule has 0 saturated heterocycles. The number of nitrogens with zero attached hydrogens (tertiary/aromatic N) is 2. The van der Waals surface area contributed by atoms with Crippen molar-refractivity contribution < 1.29 is 0 Å². The van der Waals surface area contributed by atoms with Gasteiger partial charge in [-0.05, 0) is 26.9 Å². The van der Waals surface area contributed by atoms with Crippen molar-refractivity contribution in [1.82, 2.24) is 15.2 Å². The molecule has 0 bridgehead atoms. The molecule has 0 fully saturated rings. The fourth-order valence-electron chi connectivity index (χ4n) is 1.85. The Kier molecular flexibility index (Phi) is 5.38. The molecule has 1 heterocycles. The van der Waals surface area contributed by atoms with Crippen LogP contribution in [0.5, 0.6) is 0 Å². The summed E-state index contributed by atoms with van der Waals surface area (Å²) in [6.07, 6.45) is 0. The molecule has 2 unspecified atom stereocenters. The minimum atomic E-state index is 0.340. The van der Waals surface area contributed by atoms with Crippen molar-refractivity contribution in [1.29, 1.82) is 0 Å². The third kappa shape index (κ3) is 3.85. The Balaban J connectivity index is 2.43. The quantitative estimate of drug-likeness (QED) is 0.829. The Morgan fingerprint density at radius 1 is 1.38 bits per heavy atom. The highest BCUT2D eigenvalue weighted by molar-refractivity contribution is 7.07. The lowest BCUT2D eigenvalue weighted by Gasteiger charge is -2.29. The van der Waals surface area contributed by atoms with Crippen LogP contribution in [0.2, 0.25) is 0 Å². The first-order valence-electron chi connectivity index (χ1n) is 5.80. The molecule has 1 aromatic rings. The summed E-state index contributed by atoms with van der Waals surface area (Å²) in [4.78, 5) is 6.61. The highest BCUT2D eigenvalue weighted by Gasteiger charge is 2.17. The molecule has 92 valence electrons. The maximum absolute atomic E-state index is 4.33. The van der Waals surface area contributed by atoms with Crippen LogP contribution >= 0.6 is 11.3 Å². The summed E-state index contributed by atoms with van der Waals surface area (Å²) in [6, 6.07) is 0.911. The fraction of sp³-hybridized carbons (Fsp3) is 0.750. The number of likely N-dealkylation sites (N-methyl/N-ethyl adjacent to an activating group) is 1. The van der Waals surface area contributed by atoms with Gasteiger partial charge in [0.2, 0.25) is 0 Å². The zero-order valence-corrected chi connectivity index (χ0v) is 11.7. The Hall–Kier alpha value is -0.450. The van der Waals surface area contributed by atoms with Gasteiger partial charge in [-0.3, -0.25) is 0 Å². The first-order chi connectivity index (χ1) is 7.52. The average Bonchev–Trinajstić information content (AvgIpc) is 2.69. The smallest absolute Gasteiger partial charge is 0.0795 e. The number of rotatable bonds is 6. The second-order valence-electron chi connectivity index (χ2n) is 4.82. The molecular weight excluding hydrogens is 218 g/mol. The molecule has 4 heteroatoms. The predicted molar refractivity (Wildman–Crippen MR) is 70.8 cm³/mol. The van der Waals surface area contributed by atoms with Crippen LogP contribution in [0.4, 0.5) is 0 Å². The minimum absolute atomic E-state index is 0.340. The summed E-state index contributed by atoms with van der Waals surface area (Å²) in [5, 5.41) is 5.66. The highest BCUT2D eigenvalue weighted by atomic mass is 32.1. The molecule has 0 aliphatic rings. The van der Waals surface area contributed by atoms with Crippen LogP contribution in [0.15, 0.2) is 10.9 Å². The zero-order valence-electron chi connectivity index (χ0n) is 10.9. The number of nitrogens with one attached hydrogen (secondary N) is 1. The molecular formula is C12H23N3S. The van der Waals surface area contributed by atoms with Gasteiger partial charge in [-0.1, -0.05) is 13.8 Å². The molecule has 0 saturated carbocycles. The number of aromatic nitrogens is 1. The van der Waals surface area contributed by atoms with Gasteiger partial charge in [-0.2, -0.15) is 0 Å². The van der Waals surface area contributed by atoms with Gasteiger partial charge < -0.3 is 10.2 Å². The molecule has 0 amide bonds. The maximum Gasteiger partial charge on any atom is 0.0795 e. The van der Waals surface area contributed by atoms with Crippen molar-refractivity contribution in [2.24, 2.45) is 5.92 Å². The molecule has 0 aliphatic heterocycles. The lowest BCUT2D eigenvalue weighted by Crippen LogP contribution is -2.42. The third-order valence-electron chi connectivity index (χ3n) is 2.96. The van der Waals surface area contributed by atoms with Gasteiger partial charge >= 0.3 is 0 Å². The van der Waals surface area contributed by atoms with E-state index in [2.05, 4.69) is 55.4 Å². The van der Waals surface area contributed by atoms with Crippen LogP contribution in [0.3, 0.4) is 0 Å². The van der Waals surface area contributed by atoms with Crippen molar-refractivity contribution in [3.8, 4) is 0 Å². The van der Waals surface area contributed by atoms with Crippen LogP contribution < -0.4 is 5.32 Å². The summed E-state index contributed by atoms with van der Waals surface area (Å²) in [6.45, 7) is 7.70. The van der Waals surface area contributed by atoms with Crippen molar-refractivity contribution >= 4 is 11.3 Å². The summed E-state index contributed by atoms with van der Waals surface area (Å²) in [5.41, 5.74) is 3.03. The maximum atomic E-state index is 4.33. The second kappa shape index (κ2) is 6.33. The summed E-state index contributed by atoms with van der Waals surface area (Å²) in [5.74, 6) is 0.658. The molecule has 1 rings (SSSR count). The molecule has 2 atom stereocenters. The lowest BCUT2D eigenvalue weighted by molar-refractivity contribution is 0.219. The van der Waals surface area contributed by atoms with Crippen LogP contribution in [0.1, 0.15) is 32.5 Å². The van der Waals surface area contributed by atoms with Crippen LogP contribution in [0, 0.1) is 5.92 Å². The summed E-state index contributed by atoms with van der Waals surface area (Å²) < 4.78 is 0. The van der Waals surface area contributed by atoms with Crippen LogP contribution in [-0.4, -0.2) is 36.6 Å². The monoisotopic (exact) mass is 241 g/mol. The Bertz CT molecular complexity index is 274. The van der Waals surface area contributed by atoms with Gasteiger partial charge in [0, 0.05) is 24.0 Å². The minimum Gasteiger partial charge on any atom is -0.307 e. The molecule has 3 nitrogen and oxygen atoms in total. The van der Waals surface area contributed by atoms with E-state index in [0.717, 1.165) is 12.2 Å². The molecule has 0 aromatic carbocycles. The number of hydrogen-bond acceptors (Lipinski definition) is 4. The molecule has 16 heavy (non-hydrogen) atoms. The van der Waals surface area contributed by atoms with E-state index in [1.54, 1.807) is 11.3 Å². The average molecular weight is 241 g/mol. The lowest BCUT2D eigenvalue weighted by atomic mass is 10.0. The van der Waals surface area contributed by atoms with Crippen LogP contribution in [0.25, 0.3) is 0 Å². The number of thiazole rings is 1. The fourth-order valence-corrected chi connectivity index (χ4v) is 2.50. The van der Waals surface area contributed by atoms with Gasteiger partial charge in [0.15, 0.2) is 0 Å². The van der Waals surface area contributed by atoms with E-state index in [9.17, 15) is 0 Å². The summed E-state index contributed by atoms with van der Waals surface area (Å²) >= 11 is 1.65. The summed E-state index contributed by atoms with van der Waals surface area (Å²) in [7, 11) is 4.28. The first-order valence-corrected chi connectivity index (χ1v) is 6.74. The second-order valence-corrected chi connectivity index (χ2v) is 5.54. The van der Waals surface area contributed by atoms with Crippen LogP contribution in [-0.2, 0) is 0 Å². The SMILES string of the molecule is CC(NCC(C(C)C)N(C)C)c1cscn1. The van der Waals surface area contributed by atoms with Crippen molar-refractivity contribution in [2.45, 2.75) is 32.9 Å². The third-order valence-corrected chi connectivity index (χ3v) is 3.57. The van der Waals surface area contributed by atoms with E-state index < -0.39 is 0 Å². The van der Waals surface area contributed by atoms with Gasteiger partial charge in [0.05, 0.1) is 11.2 Å². The standard InChI is InChI=1S/C12H23N3S/c1-9(2)12(15(4)5)6-13-10(3)11-7-16-8-14-11/h7-10,12-13H,6H2,1-5H3. The molecule has 0 radical (unpaired) electrons. The molecule has 1 N–H and O–H groups in total. The van der Waals surface area contributed by atoms with Gasteiger partial charge in [0.25, 0.3) is 0 Å². The van der Waals surface area contributed by atoms with Crippen molar-refractivity contribution in [2.75, 3.05) is 20.6 Å². The van der Waals surface area contributed by atoms with E-state index in [1.165, 1.54) is 0 Å². The van der Waals surface area contributed by atoms with Gasteiger partial charge in [-0.15, -0.1) is 11.3 Å².